The largest absolute Gasteiger partial charge is 0.459 e. The van der Waals surface area contributed by atoms with Gasteiger partial charge in [0.05, 0.1) is 9.85 Å². The Labute approximate surface area is 305 Å². The molecule has 24 heteroatoms. The van der Waals surface area contributed by atoms with Gasteiger partial charge in [0, 0.05) is 29.6 Å². The molecule has 278 valence electrons. The normalized spacial score (nSPS) is 15.1. The molecule has 0 aliphatic carbocycles. The molecule has 2 heterocycles. The van der Waals surface area contributed by atoms with Gasteiger partial charge in [0.1, 0.15) is 30.8 Å². The number of alkyl halides is 1. The van der Waals surface area contributed by atoms with Gasteiger partial charge in [-0.2, -0.15) is 0 Å². The highest BCUT2D eigenvalue weighted by Crippen LogP contribution is 2.22. The number of nitrogens with two attached hydrogens (primary N) is 1. The number of nitro groups is 2. The topological polar surface area (TPSA) is 304 Å². The van der Waals surface area contributed by atoms with E-state index in [1.54, 1.807) is 0 Å². The number of ether oxygens (including phenoxy) is 2. The summed E-state index contributed by atoms with van der Waals surface area (Å²) in [5, 5.41) is 31.6. The van der Waals surface area contributed by atoms with E-state index in [0.717, 1.165) is 11.3 Å². The number of oxime groups is 1. The number of anilines is 1. The number of thiazole rings is 1. The number of nitrogens with zero attached hydrogens (tertiary/aromatic N) is 5. The minimum atomic E-state index is -1.62. The highest BCUT2D eigenvalue weighted by Gasteiger charge is 2.53. The summed E-state index contributed by atoms with van der Waals surface area (Å²) in [6.45, 7) is -2.26. The Morgan fingerprint density at radius 3 is 1.98 bits per heavy atom. The average molecular weight is 777 g/mol. The number of amides is 4. The molecule has 1 aromatic heterocycles. The summed E-state index contributed by atoms with van der Waals surface area (Å²) in [5.41, 5.74) is 5.09. The summed E-state index contributed by atoms with van der Waals surface area (Å²) in [6.07, 6.45) is 0. The fourth-order valence-corrected chi connectivity index (χ4v) is 4.92. The SMILES string of the molecule is NC(=O)[C@@H]1[C@@H](NC(=O)/C(=N\OCC(=O)OCc2ccc([N+](=O)[O-])cc2)c2csc(NC(=O)CCl)n2)C(=O)N1OCC(=O)OCc1ccc([N+](=O)[O-])cc1. The number of esters is 2. The van der Waals surface area contributed by atoms with Gasteiger partial charge in [0.15, 0.2) is 23.5 Å². The molecule has 0 unspecified atom stereocenters. The number of halogens is 1. The minimum Gasteiger partial charge on any atom is -0.459 e. The Balaban J connectivity index is 1.37. The molecule has 1 saturated heterocycles. The van der Waals surface area contributed by atoms with Gasteiger partial charge in [0.2, 0.25) is 18.4 Å². The lowest BCUT2D eigenvalue weighted by Gasteiger charge is -2.43. The summed E-state index contributed by atoms with van der Waals surface area (Å²) < 4.78 is 10.0. The fourth-order valence-electron chi connectivity index (χ4n) is 4.14. The van der Waals surface area contributed by atoms with Crippen LogP contribution >= 0.6 is 22.9 Å². The van der Waals surface area contributed by atoms with Crippen molar-refractivity contribution >= 4 is 80.7 Å². The first-order valence-corrected chi connectivity index (χ1v) is 16.0. The summed E-state index contributed by atoms with van der Waals surface area (Å²) in [6, 6.07) is 7.09. The smallest absolute Gasteiger partial charge is 0.347 e. The molecule has 4 N–H and O–H groups in total. The second-order valence-corrected chi connectivity index (χ2v) is 11.5. The van der Waals surface area contributed by atoms with Crippen LogP contribution in [0.1, 0.15) is 16.8 Å². The predicted octanol–water partition coefficient (Wildman–Crippen LogP) is 0.457. The zero-order chi connectivity index (χ0) is 38.7. The van der Waals surface area contributed by atoms with Gasteiger partial charge in [-0.1, -0.05) is 5.16 Å². The van der Waals surface area contributed by atoms with Crippen LogP contribution in [-0.2, 0) is 61.1 Å². The van der Waals surface area contributed by atoms with Crippen molar-refractivity contribution in [2.75, 3.05) is 24.4 Å². The van der Waals surface area contributed by atoms with E-state index in [-0.39, 0.29) is 35.4 Å². The van der Waals surface area contributed by atoms with Crippen LogP contribution in [0.3, 0.4) is 0 Å². The van der Waals surface area contributed by atoms with Crippen LogP contribution in [0.2, 0.25) is 0 Å². The van der Waals surface area contributed by atoms with E-state index < -0.39 is 82.3 Å². The molecular formula is C29H25ClN8O14S. The molecule has 0 radical (unpaired) electrons. The Bertz CT molecular complexity index is 1940. The fraction of sp³-hybridized carbons (Fsp3) is 0.241. The number of hydrogen-bond donors (Lipinski definition) is 3. The molecule has 22 nitrogen and oxygen atoms in total. The van der Waals surface area contributed by atoms with Crippen molar-refractivity contribution < 1.29 is 57.8 Å². The van der Waals surface area contributed by atoms with Crippen molar-refractivity contribution in [3.05, 3.63) is 91.0 Å². The maximum atomic E-state index is 13.4. The molecule has 4 amide bonds. The van der Waals surface area contributed by atoms with Crippen LogP contribution in [0.5, 0.6) is 0 Å². The Morgan fingerprint density at radius 2 is 1.47 bits per heavy atom. The van der Waals surface area contributed by atoms with Crippen molar-refractivity contribution in [1.29, 1.82) is 0 Å². The van der Waals surface area contributed by atoms with Crippen molar-refractivity contribution in [1.82, 2.24) is 15.4 Å². The lowest BCUT2D eigenvalue weighted by Crippen LogP contribution is -2.74. The molecule has 2 aromatic carbocycles. The molecule has 1 fully saturated rings. The van der Waals surface area contributed by atoms with Crippen LogP contribution in [0.4, 0.5) is 16.5 Å². The number of benzene rings is 2. The number of β-lactam (4-membered cyclic amide) rings is 1. The van der Waals surface area contributed by atoms with Crippen molar-refractivity contribution in [2.24, 2.45) is 10.9 Å². The standard InChI is InChI=1S/C29H25ClN8O14S/c30-9-20(39)33-29-32-19(14-53-29)23(35-51-12-21(40)49-10-15-1-5-17(6-2-15)37(45)46)27(43)34-24-25(26(31)42)36(28(24)44)52-13-22(41)50-11-16-3-7-18(8-4-16)38(47)48/h1-8,14,24-25H,9-13H2,(H2,31,42)(H,34,43)(H,32,33,39)/b35-23-/t24-,25+/m1/s1. The third-order valence-electron chi connectivity index (χ3n) is 6.71. The molecule has 4 rings (SSSR count). The van der Waals surface area contributed by atoms with E-state index in [4.69, 9.17) is 36.5 Å². The maximum absolute atomic E-state index is 13.4. The molecule has 53 heavy (non-hydrogen) atoms. The second-order valence-electron chi connectivity index (χ2n) is 10.3. The number of non-ortho nitro benzene ring substituents is 2. The van der Waals surface area contributed by atoms with E-state index in [0.29, 0.717) is 16.2 Å². The molecular weight excluding hydrogens is 752 g/mol. The van der Waals surface area contributed by atoms with E-state index >= 15 is 0 Å². The van der Waals surface area contributed by atoms with Crippen LogP contribution in [-0.4, -0.2) is 92.4 Å². The number of carbonyl (C=O) groups is 6. The number of primary amides is 1. The van der Waals surface area contributed by atoms with Gasteiger partial charge >= 0.3 is 11.9 Å². The first kappa shape index (κ1) is 39.2. The van der Waals surface area contributed by atoms with Crippen LogP contribution in [0.25, 0.3) is 0 Å². The maximum Gasteiger partial charge on any atom is 0.347 e. The molecule has 1 aliphatic rings. The number of carbonyl (C=O) groups excluding carboxylic acids is 6. The van der Waals surface area contributed by atoms with Crippen LogP contribution in [0, 0.1) is 20.2 Å². The quantitative estimate of drug-likeness (QED) is 0.0395. The highest BCUT2D eigenvalue weighted by molar-refractivity contribution is 7.14. The van der Waals surface area contributed by atoms with Gasteiger partial charge < -0.3 is 30.7 Å². The van der Waals surface area contributed by atoms with E-state index in [1.165, 1.54) is 53.9 Å². The van der Waals surface area contributed by atoms with Crippen LogP contribution in [0.15, 0.2) is 59.1 Å². The lowest BCUT2D eigenvalue weighted by molar-refractivity contribution is -0.385. The number of hydroxylamine groups is 2. The monoisotopic (exact) mass is 776 g/mol. The predicted molar refractivity (Wildman–Crippen MR) is 177 cm³/mol. The third kappa shape index (κ3) is 10.7. The first-order chi connectivity index (χ1) is 25.3. The second kappa shape index (κ2) is 18.1. The van der Waals surface area contributed by atoms with Gasteiger partial charge in [-0.3, -0.25) is 44.2 Å². The van der Waals surface area contributed by atoms with Gasteiger partial charge in [-0.15, -0.1) is 22.9 Å². The Kier molecular flexibility index (Phi) is 13.4. The molecule has 2 atom stereocenters. The number of hydrogen-bond acceptors (Lipinski definition) is 17. The van der Waals surface area contributed by atoms with E-state index in [1.807, 2.05) is 0 Å². The van der Waals surface area contributed by atoms with Crippen molar-refractivity contribution in [2.45, 2.75) is 25.3 Å². The molecule has 0 spiro atoms. The lowest BCUT2D eigenvalue weighted by atomic mass is 9.97. The highest BCUT2D eigenvalue weighted by atomic mass is 35.5. The van der Waals surface area contributed by atoms with E-state index in [9.17, 15) is 49.0 Å². The molecule has 0 bridgehead atoms. The van der Waals surface area contributed by atoms with Crippen molar-refractivity contribution in [3.8, 4) is 0 Å². The molecule has 3 aromatic rings. The molecule has 0 saturated carbocycles. The number of rotatable bonds is 18. The number of nitrogens with one attached hydrogen (secondary N) is 2. The van der Waals surface area contributed by atoms with E-state index in [2.05, 4.69) is 20.8 Å². The van der Waals surface area contributed by atoms with Crippen molar-refractivity contribution in [3.63, 3.8) is 0 Å². The summed E-state index contributed by atoms with van der Waals surface area (Å²) >= 11 is 6.35. The average Bonchev–Trinajstić information content (AvgIpc) is 3.59. The summed E-state index contributed by atoms with van der Waals surface area (Å²) in [7, 11) is 0. The van der Waals surface area contributed by atoms with Gasteiger partial charge in [0.25, 0.3) is 23.2 Å². The number of nitro benzene ring substituents is 2. The zero-order valence-corrected chi connectivity index (χ0v) is 28.3. The first-order valence-electron chi connectivity index (χ1n) is 14.6. The van der Waals surface area contributed by atoms with Crippen LogP contribution < -0.4 is 16.4 Å². The van der Waals surface area contributed by atoms with Gasteiger partial charge in [-0.05, 0) is 35.4 Å². The minimum absolute atomic E-state index is 0.0107. The molecule has 1 aliphatic heterocycles. The summed E-state index contributed by atoms with van der Waals surface area (Å²) in [5.74, 6) is -6.27. The summed E-state index contributed by atoms with van der Waals surface area (Å²) in [4.78, 5) is 109. The number of aromatic nitrogens is 1. The zero-order valence-electron chi connectivity index (χ0n) is 26.7. The third-order valence-corrected chi connectivity index (χ3v) is 7.71. The Morgan fingerprint density at radius 1 is 0.925 bits per heavy atom. The Hall–Kier alpha value is -6.59. The van der Waals surface area contributed by atoms with Gasteiger partial charge in [-0.25, -0.2) is 19.6 Å².